The van der Waals surface area contributed by atoms with Crippen LogP contribution >= 0.6 is 11.8 Å². The van der Waals surface area contributed by atoms with Crippen molar-refractivity contribution in [2.75, 3.05) is 5.75 Å². The van der Waals surface area contributed by atoms with Crippen molar-refractivity contribution < 1.29 is 0 Å². The summed E-state index contributed by atoms with van der Waals surface area (Å²) < 4.78 is 2.15. The highest BCUT2D eigenvalue weighted by atomic mass is 32.2. The lowest BCUT2D eigenvalue weighted by molar-refractivity contribution is 1.04. The standard InChI is InChI=1S/C12H13NS/c1-2-14-12-8-4-3-7-11(12)13-9-5-6-10-13/h3-10H,2H2,1H3. The third-order valence-electron chi connectivity index (χ3n) is 2.05. The first kappa shape index (κ1) is 9.41. The number of nitrogens with zero attached hydrogens (tertiary/aromatic N) is 1. The molecule has 0 aliphatic rings. The van der Waals surface area contributed by atoms with Crippen LogP contribution in [0.15, 0.2) is 53.7 Å². The molecule has 0 saturated carbocycles. The molecule has 14 heavy (non-hydrogen) atoms. The van der Waals surface area contributed by atoms with Gasteiger partial charge in [0.25, 0.3) is 0 Å². The second-order valence-corrected chi connectivity index (χ2v) is 4.30. The number of benzene rings is 1. The lowest BCUT2D eigenvalue weighted by Gasteiger charge is -2.08. The average molecular weight is 203 g/mol. The zero-order chi connectivity index (χ0) is 9.80. The summed E-state index contributed by atoms with van der Waals surface area (Å²) >= 11 is 1.88. The highest BCUT2D eigenvalue weighted by Gasteiger charge is 2.01. The van der Waals surface area contributed by atoms with Crippen molar-refractivity contribution >= 4 is 11.8 Å². The second-order valence-electron chi connectivity index (χ2n) is 2.99. The van der Waals surface area contributed by atoms with E-state index in [0.717, 1.165) is 5.75 Å². The second kappa shape index (κ2) is 4.38. The molecular weight excluding hydrogens is 190 g/mol. The Morgan fingerprint density at radius 2 is 1.79 bits per heavy atom. The summed E-state index contributed by atoms with van der Waals surface area (Å²) in [6, 6.07) is 12.6. The molecule has 0 fully saturated rings. The molecule has 0 bridgehead atoms. The molecule has 1 nitrogen and oxygen atoms in total. The van der Waals surface area contributed by atoms with Gasteiger partial charge in [0.15, 0.2) is 0 Å². The maximum atomic E-state index is 2.18. The van der Waals surface area contributed by atoms with Crippen LogP contribution in [0.4, 0.5) is 0 Å². The van der Waals surface area contributed by atoms with Crippen LogP contribution in [0.2, 0.25) is 0 Å². The molecule has 0 spiro atoms. The molecule has 2 aromatic rings. The van der Waals surface area contributed by atoms with Crippen molar-refractivity contribution in [1.82, 2.24) is 4.57 Å². The van der Waals surface area contributed by atoms with Gasteiger partial charge >= 0.3 is 0 Å². The van der Waals surface area contributed by atoms with Crippen LogP contribution in [0.25, 0.3) is 5.69 Å². The summed E-state index contributed by atoms with van der Waals surface area (Å²) in [6.07, 6.45) is 4.16. The Bertz CT molecular complexity index is 392. The third kappa shape index (κ3) is 1.85. The van der Waals surface area contributed by atoms with Crippen LogP contribution in [0, 0.1) is 0 Å². The maximum absolute atomic E-state index is 2.18. The van der Waals surface area contributed by atoms with Crippen LogP contribution in [-0.4, -0.2) is 10.3 Å². The highest BCUT2D eigenvalue weighted by Crippen LogP contribution is 2.25. The first-order valence-corrected chi connectivity index (χ1v) is 5.75. The van der Waals surface area contributed by atoms with E-state index in [1.165, 1.54) is 10.6 Å². The number of para-hydroxylation sites is 1. The summed E-state index contributed by atoms with van der Waals surface area (Å²) in [4.78, 5) is 1.34. The largest absolute Gasteiger partial charge is 0.323 e. The fourth-order valence-electron chi connectivity index (χ4n) is 1.44. The fourth-order valence-corrected chi connectivity index (χ4v) is 2.25. The van der Waals surface area contributed by atoms with Gasteiger partial charge in [0, 0.05) is 17.3 Å². The topological polar surface area (TPSA) is 4.93 Å². The molecule has 1 aromatic heterocycles. The minimum absolute atomic E-state index is 1.11. The van der Waals surface area contributed by atoms with Gasteiger partial charge in [0.2, 0.25) is 0 Å². The normalized spacial score (nSPS) is 10.4. The molecule has 0 amide bonds. The van der Waals surface area contributed by atoms with E-state index in [1.807, 2.05) is 23.9 Å². The van der Waals surface area contributed by atoms with Crippen molar-refractivity contribution in [3.63, 3.8) is 0 Å². The summed E-state index contributed by atoms with van der Waals surface area (Å²) in [7, 11) is 0. The first-order valence-electron chi connectivity index (χ1n) is 4.77. The van der Waals surface area contributed by atoms with E-state index in [1.54, 1.807) is 0 Å². The van der Waals surface area contributed by atoms with Crippen molar-refractivity contribution in [1.29, 1.82) is 0 Å². The molecule has 0 aliphatic carbocycles. The summed E-state index contributed by atoms with van der Waals surface area (Å²) in [6.45, 7) is 2.18. The molecule has 0 radical (unpaired) electrons. The zero-order valence-corrected chi connectivity index (χ0v) is 9.00. The molecule has 0 unspecified atom stereocenters. The lowest BCUT2D eigenvalue weighted by Crippen LogP contribution is -1.91. The summed E-state index contributed by atoms with van der Waals surface area (Å²) in [5.41, 5.74) is 1.27. The molecule has 72 valence electrons. The zero-order valence-electron chi connectivity index (χ0n) is 8.18. The van der Waals surface area contributed by atoms with Crippen LogP contribution in [-0.2, 0) is 0 Å². The quantitative estimate of drug-likeness (QED) is 0.690. The van der Waals surface area contributed by atoms with Crippen molar-refractivity contribution in [3.8, 4) is 5.69 Å². The van der Waals surface area contributed by atoms with Gasteiger partial charge in [-0.3, -0.25) is 0 Å². The number of rotatable bonds is 3. The predicted molar refractivity (Wildman–Crippen MR) is 62.2 cm³/mol. The Labute approximate surface area is 88.8 Å². The number of hydrogen-bond acceptors (Lipinski definition) is 1. The molecular formula is C12H13NS. The number of hydrogen-bond donors (Lipinski definition) is 0. The van der Waals surface area contributed by atoms with E-state index in [2.05, 4.69) is 48.1 Å². The van der Waals surface area contributed by atoms with Gasteiger partial charge in [-0.2, -0.15) is 0 Å². The van der Waals surface area contributed by atoms with Crippen molar-refractivity contribution in [2.45, 2.75) is 11.8 Å². The summed E-state index contributed by atoms with van der Waals surface area (Å²) in [5, 5.41) is 0. The van der Waals surface area contributed by atoms with Crippen LogP contribution < -0.4 is 0 Å². The van der Waals surface area contributed by atoms with Gasteiger partial charge < -0.3 is 4.57 Å². The molecule has 0 N–H and O–H groups in total. The highest BCUT2D eigenvalue weighted by molar-refractivity contribution is 7.99. The van der Waals surface area contributed by atoms with E-state index < -0.39 is 0 Å². The Hall–Kier alpha value is -1.15. The van der Waals surface area contributed by atoms with E-state index >= 15 is 0 Å². The fraction of sp³-hybridized carbons (Fsp3) is 0.167. The maximum Gasteiger partial charge on any atom is 0.0585 e. The molecule has 0 saturated heterocycles. The summed E-state index contributed by atoms with van der Waals surface area (Å²) in [5.74, 6) is 1.11. The van der Waals surface area contributed by atoms with Crippen LogP contribution in [0.1, 0.15) is 6.92 Å². The van der Waals surface area contributed by atoms with Gasteiger partial charge in [0.05, 0.1) is 5.69 Å². The van der Waals surface area contributed by atoms with E-state index in [4.69, 9.17) is 0 Å². The first-order chi connectivity index (χ1) is 6.92. The molecule has 2 heteroatoms. The molecule has 2 rings (SSSR count). The van der Waals surface area contributed by atoms with Gasteiger partial charge in [-0.1, -0.05) is 19.1 Å². The lowest BCUT2D eigenvalue weighted by atomic mass is 10.3. The predicted octanol–water partition coefficient (Wildman–Crippen LogP) is 3.59. The van der Waals surface area contributed by atoms with E-state index in [-0.39, 0.29) is 0 Å². The Morgan fingerprint density at radius 1 is 1.07 bits per heavy atom. The SMILES string of the molecule is CCSc1ccccc1-n1cccc1. The Morgan fingerprint density at radius 3 is 2.50 bits per heavy atom. The molecule has 0 atom stereocenters. The van der Waals surface area contributed by atoms with Gasteiger partial charge in [-0.25, -0.2) is 0 Å². The minimum atomic E-state index is 1.11. The molecule has 1 heterocycles. The average Bonchev–Trinajstić information content (AvgIpc) is 2.72. The smallest absolute Gasteiger partial charge is 0.0585 e. The van der Waals surface area contributed by atoms with Gasteiger partial charge in [0.1, 0.15) is 0 Å². The number of aromatic nitrogens is 1. The molecule has 0 aliphatic heterocycles. The Kier molecular flexibility index (Phi) is 2.94. The molecule has 1 aromatic carbocycles. The van der Waals surface area contributed by atoms with Crippen LogP contribution in [0.3, 0.4) is 0 Å². The van der Waals surface area contributed by atoms with Crippen molar-refractivity contribution in [2.24, 2.45) is 0 Å². The third-order valence-corrected chi connectivity index (χ3v) is 2.99. The van der Waals surface area contributed by atoms with E-state index in [0.29, 0.717) is 0 Å². The van der Waals surface area contributed by atoms with Gasteiger partial charge in [-0.15, -0.1) is 11.8 Å². The van der Waals surface area contributed by atoms with Gasteiger partial charge in [-0.05, 0) is 30.0 Å². The van der Waals surface area contributed by atoms with E-state index in [9.17, 15) is 0 Å². The monoisotopic (exact) mass is 203 g/mol. The minimum Gasteiger partial charge on any atom is -0.323 e. The van der Waals surface area contributed by atoms with Crippen molar-refractivity contribution in [3.05, 3.63) is 48.8 Å². The number of thioether (sulfide) groups is 1. The Balaban J connectivity index is 2.42. The van der Waals surface area contributed by atoms with Crippen LogP contribution in [0.5, 0.6) is 0 Å².